The minimum Gasteiger partial charge on any atom is -0.378 e. The Morgan fingerprint density at radius 3 is 2.82 bits per heavy atom. The number of methoxy groups -OCH3 is 1. The molecule has 1 unspecified atom stereocenters. The molecule has 1 fully saturated rings. The highest BCUT2D eigenvalue weighted by Crippen LogP contribution is 2.39. The van der Waals surface area contributed by atoms with Crippen molar-refractivity contribution in [1.29, 1.82) is 0 Å². The summed E-state index contributed by atoms with van der Waals surface area (Å²) < 4.78 is 5.64. The van der Waals surface area contributed by atoms with Gasteiger partial charge in [-0.2, -0.15) is 0 Å². The van der Waals surface area contributed by atoms with Crippen LogP contribution in [0, 0.1) is 6.92 Å². The average molecular weight is 255 g/mol. The van der Waals surface area contributed by atoms with Crippen molar-refractivity contribution < 1.29 is 4.74 Å². The first kappa shape index (κ1) is 13.0. The number of nitrogens with one attached hydrogen (secondary N) is 1. The van der Waals surface area contributed by atoms with E-state index in [1.807, 2.05) is 6.92 Å². The molecular formula is C12H21N3OS. The van der Waals surface area contributed by atoms with Crippen molar-refractivity contribution in [2.75, 3.05) is 7.11 Å². The van der Waals surface area contributed by atoms with E-state index in [0.717, 1.165) is 36.4 Å². The van der Waals surface area contributed by atoms with Gasteiger partial charge >= 0.3 is 0 Å². The number of rotatable bonds is 6. The smallest absolute Gasteiger partial charge is 0.0944 e. The highest BCUT2D eigenvalue weighted by molar-refractivity contribution is 7.09. The fourth-order valence-electron chi connectivity index (χ4n) is 2.41. The molecular weight excluding hydrogens is 234 g/mol. The number of thiazole rings is 1. The summed E-state index contributed by atoms with van der Waals surface area (Å²) in [5, 5.41) is 3.23. The van der Waals surface area contributed by atoms with Gasteiger partial charge in [-0.3, -0.25) is 11.3 Å². The highest BCUT2D eigenvalue weighted by Gasteiger charge is 2.38. The minimum atomic E-state index is 0.0589. The summed E-state index contributed by atoms with van der Waals surface area (Å²) in [6.07, 6.45) is 5.43. The lowest BCUT2D eigenvalue weighted by molar-refractivity contribution is -0.0834. The van der Waals surface area contributed by atoms with E-state index in [2.05, 4.69) is 15.8 Å². The molecule has 96 valence electrons. The standard InChI is InChI=1S/C12H21N3OS/c1-9-8-17-11(14-9)6-10(15-13)7-12(16-2)4-3-5-12/h8,10,15H,3-7,13H2,1-2H3. The first-order chi connectivity index (χ1) is 8.17. The zero-order valence-corrected chi connectivity index (χ0v) is 11.3. The summed E-state index contributed by atoms with van der Waals surface area (Å²) in [5.41, 5.74) is 4.05. The molecule has 1 aromatic heterocycles. The van der Waals surface area contributed by atoms with Gasteiger partial charge in [0.15, 0.2) is 0 Å². The SMILES string of the molecule is COC1(CC(Cc2nc(C)cs2)NN)CCC1. The molecule has 0 radical (unpaired) electrons. The first-order valence-electron chi connectivity index (χ1n) is 6.10. The monoisotopic (exact) mass is 255 g/mol. The molecule has 0 aromatic carbocycles. The van der Waals surface area contributed by atoms with E-state index in [1.165, 1.54) is 6.42 Å². The van der Waals surface area contributed by atoms with Gasteiger partial charge in [-0.1, -0.05) is 0 Å². The van der Waals surface area contributed by atoms with Crippen LogP contribution in [-0.2, 0) is 11.2 Å². The van der Waals surface area contributed by atoms with Crippen molar-refractivity contribution in [3.8, 4) is 0 Å². The van der Waals surface area contributed by atoms with Crippen LogP contribution >= 0.6 is 11.3 Å². The normalized spacial score (nSPS) is 19.9. The van der Waals surface area contributed by atoms with Crippen LogP contribution in [0.2, 0.25) is 0 Å². The molecule has 0 amide bonds. The number of nitrogens with two attached hydrogens (primary N) is 1. The lowest BCUT2D eigenvalue weighted by atomic mass is 9.75. The van der Waals surface area contributed by atoms with E-state index >= 15 is 0 Å². The van der Waals surface area contributed by atoms with Crippen LogP contribution in [0.1, 0.15) is 36.4 Å². The number of hydrazine groups is 1. The largest absolute Gasteiger partial charge is 0.378 e. The molecule has 0 saturated heterocycles. The van der Waals surface area contributed by atoms with Crippen LogP contribution in [0.25, 0.3) is 0 Å². The van der Waals surface area contributed by atoms with Crippen LogP contribution in [0.5, 0.6) is 0 Å². The van der Waals surface area contributed by atoms with Gasteiger partial charge in [0.05, 0.1) is 10.6 Å². The zero-order chi connectivity index (χ0) is 12.3. The number of aryl methyl sites for hydroxylation is 1. The average Bonchev–Trinajstić information content (AvgIpc) is 2.67. The maximum atomic E-state index is 5.64. The number of ether oxygens (including phenoxy) is 1. The Bertz CT molecular complexity index is 357. The third kappa shape index (κ3) is 3.04. The molecule has 1 aromatic rings. The molecule has 3 N–H and O–H groups in total. The number of aromatic nitrogens is 1. The molecule has 0 bridgehead atoms. The van der Waals surface area contributed by atoms with E-state index in [4.69, 9.17) is 10.6 Å². The van der Waals surface area contributed by atoms with Crippen molar-refractivity contribution in [2.45, 2.75) is 50.7 Å². The summed E-state index contributed by atoms with van der Waals surface area (Å²) in [5.74, 6) is 5.64. The van der Waals surface area contributed by atoms with E-state index in [-0.39, 0.29) is 11.6 Å². The Morgan fingerprint density at radius 2 is 2.41 bits per heavy atom. The quantitative estimate of drug-likeness (QED) is 0.601. The second kappa shape index (κ2) is 5.44. The molecule has 0 aliphatic heterocycles. The van der Waals surface area contributed by atoms with Crippen LogP contribution in [-0.4, -0.2) is 23.7 Å². The van der Waals surface area contributed by atoms with Gasteiger partial charge < -0.3 is 4.74 Å². The second-order valence-electron chi connectivity index (χ2n) is 4.90. The lowest BCUT2D eigenvalue weighted by Crippen LogP contribution is -2.48. The first-order valence-corrected chi connectivity index (χ1v) is 6.98. The Labute approximate surface area is 107 Å². The highest BCUT2D eigenvalue weighted by atomic mass is 32.1. The van der Waals surface area contributed by atoms with Gasteiger partial charge in [-0.05, 0) is 32.6 Å². The van der Waals surface area contributed by atoms with Crippen LogP contribution in [0.15, 0.2) is 5.38 Å². The summed E-state index contributed by atoms with van der Waals surface area (Å²) in [6, 6.07) is 0.251. The van der Waals surface area contributed by atoms with Crippen molar-refractivity contribution in [3.05, 3.63) is 16.1 Å². The van der Waals surface area contributed by atoms with Crippen molar-refractivity contribution >= 4 is 11.3 Å². The maximum absolute atomic E-state index is 5.64. The maximum Gasteiger partial charge on any atom is 0.0944 e. The molecule has 17 heavy (non-hydrogen) atoms. The summed E-state index contributed by atoms with van der Waals surface area (Å²) >= 11 is 1.70. The summed E-state index contributed by atoms with van der Waals surface area (Å²) in [7, 11) is 1.81. The Balaban J connectivity index is 1.92. The molecule has 1 heterocycles. The van der Waals surface area contributed by atoms with Gasteiger partial charge in [0.1, 0.15) is 0 Å². The second-order valence-corrected chi connectivity index (χ2v) is 5.84. The van der Waals surface area contributed by atoms with Gasteiger partial charge in [0, 0.05) is 30.6 Å². The van der Waals surface area contributed by atoms with Crippen molar-refractivity contribution in [3.63, 3.8) is 0 Å². The summed E-state index contributed by atoms with van der Waals surface area (Å²) in [6.45, 7) is 2.02. The number of hydrogen-bond acceptors (Lipinski definition) is 5. The Kier molecular flexibility index (Phi) is 4.14. The minimum absolute atomic E-state index is 0.0589. The molecule has 5 heteroatoms. The van der Waals surface area contributed by atoms with Gasteiger partial charge in [-0.15, -0.1) is 11.3 Å². The van der Waals surface area contributed by atoms with Crippen LogP contribution in [0.4, 0.5) is 0 Å². The van der Waals surface area contributed by atoms with E-state index in [1.54, 1.807) is 18.4 Å². The van der Waals surface area contributed by atoms with E-state index < -0.39 is 0 Å². The molecule has 1 saturated carbocycles. The molecule has 4 nitrogen and oxygen atoms in total. The summed E-state index contributed by atoms with van der Waals surface area (Å²) in [4.78, 5) is 4.48. The topological polar surface area (TPSA) is 60.2 Å². The molecule has 1 aliphatic carbocycles. The van der Waals surface area contributed by atoms with Gasteiger partial charge in [0.25, 0.3) is 0 Å². The van der Waals surface area contributed by atoms with Gasteiger partial charge in [-0.25, -0.2) is 4.98 Å². The predicted octanol–water partition coefficient (Wildman–Crippen LogP) is 1.79. The van der Waals surface area contributed by atoms with Crippen molar-refractivity contribution in [1.82, 2.24) is 10.4 Å². The van der Waals surface area contributed by atoms with E-state index in [9.17, 15) is 0 Å². The fraction of sp³-hybridized carbons (Fsp3) is 0.750. The Hall–Kier alpha value is -0.490. The van der Waals surface area contributed by atoms with Crippen LogP contribution < -0.4 is 11.3 Å². The fourth-order valence-corrected chi connectivity index (χ4v) is 3.26. The van der Waals surface area contributed by atoms with Gasteiger partial charge in [0.2, 0.25) is 0 Å². The number of nitrogens with zero attached hydrogens (tertiary/aromatic N) is 1. The zero-order valence-electron chi connectivity index (χ0n) is 10.5. The molecule has 2 rings (SSSR count). The predicted molar refractivity (Wildman–Crippen MR) is 69.9 cm³/mol. The van der Waals surface area contributed by atoms with E-state index in [0.29, 0.717) is 0 Å². The third-order valence-corrected chi connectivity index (χ3v) is 4.63. The Morgan fingerprint density at radius 1 is 1.65 bits per heavy atom. The molecule has 1 atom stereocenters. The van der Waals surface area contributed by atoms with Crippen LogP contribution in [0.3, 0.4) is 0 Å². The third-order valence-electron chi connectivity index (χ3n) is 3.64. The molecule has 0 spiro atoms. The lowest BCUT2D eigenvalue weighted by Gasteiger charge is -2.42. The number of hydrogen-bond donors (Lipinski definition) is 2. The molecule has 1 aliphatic rings. The van der Waals surface area contributed by atoms with Crippen molar-refractivity contribution in [2.24, 2.45) is 5.84 Å².